The summed E-state index contributed by atoms with van der Waals surface area (Å²) in [4.78, 5) is 0.670. The van der Waals surface area contributed by atoms with Crippen molar-refractivity contribution in [3.8, 4) is 5.75 Å². The van der Waals surface area contributed by atoms with E-state index in [2.05, 4.69) is 6.92 Å². The Bertz CT molecular complexity index is 399. The van der Waals surface area contributed by atoms with E-state index in [1.165, 1.54) is 0 Å². The molecule has 0 spiro atoms. The van der Waals surface area contributed by atoms with Gasteiger partial charge in [0.25, 0.3) is 0 Å². The summed E-state index contributed by atoms with van der Waals surface area (Å²) in [6, 6.07) is 3.53. The summed E-state index contributed by atoms with van der Waals surface area (Å²) >= 11 is 0. The molecule has 2 rings (SSSR count). The smallest absolute Gasteiger partial charge is 0.131 e. The van der Waals surface area contributed by atoms with Crippen LogP contribution in [0.15, 0.2) is 17.0 Å². The predicted octanol–water partition coefficient (Wildman–Crippen LogP) is 2.00. The summed E-state index contributed by atoms with van der Waals surface area (Å²) in [5, 5.41) is 9.64. The number of rotatable bonds is 0. The number of hydrogen-bond donors (Lipinski definition) is 1. The molecule has 1 N–H and O–H groups in total. The lowest BCUT2D eigenvalue weighted by Gasteiger charge is -2.23. The first-order valence-corrected chi connectivity index (χ1v) is 6.11. The maximum Gasteiger partial charge on any atom is 0.131 e. The number of phenols is 1. The summed E-state index contributed by atoms with van der Waals surface area (Å²) < 4.78 is 11.8. The Balaban J connectivity index is 2.63. The van der Waals surface area contributed by atoms with Gasteiger partial charge < -0.3 is 5.11 Å². The minimum atomic E-state index is -1.02. The third-order valence-corrected chi connectivity index (χ3v) is 4.47. The number of aromatic hydroxyl groups is 1. The average molecular weight is 210 g/mol. The molecular weight excluding hydrogens is 196 g/mol. The Morgan fingerprint density at radius 2 is 2.21 bits per heavy atom. The molecule has 1 aromatic rings. The fourth-order valence-corrected chi connectivity index (χ4v) is 3.59. The molecule has 1 aliphatic rings. The van der Waals surface area contributed by atoms with Crippen molar-refractivity contribution in [3.63, 3.8) is 0 Å². The zero-order valence-corrected chi connectivity index (χ0v) is 9.23. The number of hydrogen-bond acceptors (Lipinski definition) is 2. The van der Waals surface area contributed by atoms with Gasteiger partial charge in [-0.05, 0) is 36.5 Å². The largest absolute Gasteiger partial charge is 0.507 e. The lowest BCUT2D eigenvalue weighted by atomic mass is 9.97. The maximum atomic E-state index is 11.8. The van der Waals surface area contributed by atoms with Crippen molar-refractivity contribution in [1.82, 2.24) is 0 Å². The minimum Gasteiger partial charge on any atom is -0.507 e. The molecule has 3 heteroatoms. The molecule has 0 amide bonds. The van der Waals surface area contributed by atoms with E-state index in [9.17, 15) is 9.32 Å². The van der Waals surface area contributed by atoms with Crippen molar-refractivity contribution in [3.05, 3.63) is 23.3 Å². The van der Waals surface area contributed by atoms with Crippen LogP contribution in [0.4, 0.5) is 0 Å². The Labute approximate surface area is 86.4 Å². The van der Waals surface area contributed by atoms with Gasteiger partial charge in [-0.2, -0.15) is 0 Å². The summed E-state index contributed by atoms with van der Waals surface area (Å²) in [6.07, 6.45) is 0.932. The summed E-state index contributed by atoms with van der Waals surface area (Å²) in [5.74, 6) is 1.31. The van der Waals surface area contributed by atoms with Crippen molar-refractivity contribution in [1.29, 1.82) is 0 Å². The van der Waals surface area contributed by atoms with Gasteiger partial charge in [0, 0.05) is 5.75 Å². The molecule has 2 atom stereocenters. The molecule has 1 aromatic carbocycles. The van der Waals surface area contributed by atoms with E-state index in [1.54, 1.807) is 6.07 Å². The Kier molecular flexibility index (Phi) is 2.35. The van der Waals surface area contributed by atoms with Crippen LogP contribution < -0.4 is 0 Å². The van der Waals surface area contributed by atoms with Gasteiger partial charge in [-0.1, -0.05) is 13.0 Å². The number of fused-ring (bicyclic) bond motifs is 1. The van der Waals surface area contributed by atoms with Crippen LogP contribution in [0.25, 0.3) is 0 Å². The van der Waals surface area contributed by atoms with Crippen LogP contribution in [-0.4, -0.2) is 15.1 Å². The first-order chi connectivity index (χ1) is 6.59. The van der Waals surface area contributed by atoms with Crippen LogP contribution in [-0.2, 0) is 17.2 Å². The highest BCUT2D eigenvalue weighted by molar-refractivity contribution is 7.85. The van der Waals surface area contributed by atoms with Gasteiger partial charge in [-0.15, -0.1) is 0 Å². The van der Waals surface area contributed by atoms with Gasteiger partial charge in [0.2, 0.25) is 0 Å². The van der Waals surface area contributed by atoms with Crippen LogP contribution >= 0.6 is 0 Å². The first kappa shape index (κ1) is 9.71. The quantitative estimate of drug-likeness (QED) is 0.711. The minimum absolute atomic E-state index is 0.191. The molecule has 0 saturated carbocycles. The molecule has 0 bridgehead atoms. The number of aryl methyl sites for hydroxylation is 1. The SMILES string of the molecule is Cc1ccc(O)c2c1CC(C)C[S@@]2=O. The van der Waals surface area contributed by atoms with E-state index in [0.717, 1.165) is 17.5 Å². The van der Waals surface area contributed by atoms with E-state index >= 15 is 0 Å². The molecule has 76 valence electrons. The Morgan fingerprint density at radius 3 is 2.93 bits per heavy atom. The van der Waals surface area contributed by atoms with Crippen molar-refractivity contribution in [2.75, 3.05) is 5.75 Å². The fourth-order valence-electron chi connectivity index (χ4n) is 1.97. The molecule has 0 aromatic heterocycles. The summed E-state index contributed by atoms with van der Waals surface area (Å²) in [6.45, 7) is 4.11. The molecular formula is C11H14O2S. The van der Waals surface area contributed by atoms with E-state index in [0.29, 0.717) is 16.6 Å². The van der Waals surface area contributed by atoms with Crippen LogP contribution in [0.2, 0.25) is 0 Å². The van der Waals surface area contributed by atoms with Gasteiger partial charge in [-0.3, -0.25) is 4.21 Å². The third kappa shape index (κ3) is 1.46. The van der Waals surface area contributed by atoms with Gasteiger partial charge in [0.1, 0.15) is 5.75 Å². The second-order valence-electron chi connectivity index (χ2n) is 4.03. The van der Waals surface area contributed by atoms with Gasteiger partial charge >= 0.3 is 0 Å². The average Bonchev–Trinajstić information content (AvgIpc) is 2.10. The van der Waals surface area contributed by atoms with E-state index in [-0.39, 0.29) is 5.75 Å². The highest BCUT2D eigenvalue weighted by Gasteiger charge is 2.25. The van der Waals surface area contributed by atoms with Crippen LogP contribution in [0.3, 0.4) is 0 Å². The van der Waals surface area contributed by atoms with E-state index in [1.807, 2.05) is 13.0 Å². The molecule has 14 heavy (non-hydrogen) atoms. The first-order valence-electron chi connectivity index (χ1n) is 4.79. The second-order valence-corrected chi connectivity index (χ2v) is 5.46. The van der Waals surface area contributed by atoms with Crippen LogP contribution in [0, 0.1) is 12.8 Å². The molecule has 1 aliphatic heterocycles. The summed E-state index contributed by atoms with van der Waals surface area (Å²) in [7, 11) is -1.02. The normalized spacial score (nSPS) is 25.9. The van der Waals surface area contributed by atoms with E-state index in [4.69, 9.17) is 0 Å². The Morgan fingerprint density at radius 1 is 1.50 bits per heavy atom. The number of phenolic OH excluding ortho intramolecular Hbond substituents is 1. The highest BCUT2D eigenvalue weighted by Crippen LogP contribution is 2.34. The highest BCUT2D eigenvalue weighted by atomic mass is 32.2. The Hall–Kier alpha value is -0.830. The number of benzene rings is 1. The standard InChI is InChI=1S/C11H14O2S/c1-7-5-9-8(2)3-4-10(12)11(9)14(13)6-7/h3-4,7,12H,5-6H2,1-2H3/t7?,14-/m0/s1. The predicted molar refractivity (Wildman–Crippen MR) is 57.0 cm³/mol. The zero-order chi connectivity index (χ0) is 10.3. The van der Waals surface area contributed by atoms with Crippen LogP contribution in [0.1, 0.15) is 18.1 Å². The van der Waals surface area contributed by atoms with Crippen molar-refractivity contribution in [2.45, 2.75) is 25.2 Å². The fraction of sp³-hybridized carbons (Fsp3) is 0.455. The van der Waals surface area contributed by atoms with Crippen molar-refractivity contribution < 1.29 is 9.32 Å². The van der Waals surface area contributed by atoms with Crippen molar-refractivity contribution >= 4 is 10.8 Å². The molecule has 1 unspecified atom stereocenters. The van der Waals surface area contributed by atoms with Gasteiger partial charge in [0.15, 0.2) is 0 Å². The second kappa shape index (κ2) is 3.39. The molecule has 0 radical (unpaired) electrons. The lowest BCUT2D eigenvalue weighted by molar-refractivity contribution is 0.455. The zero-order valence-electron chi connectivity index (χ0n) is 8.41. The molecule has 2 nitrogen and oxygen atoms in total. The molecule has 0 aliphatic carbocycles. The van der Waals surface area contributed by atoms with Gasteiger partial charge in [0.05, 0.1) is 15.7 Å². The van der Waals surface area contributed by atoms with Crippen LogP contribution in [0.5, 0.6) is 5.75 Å². The lowest BCUT2D eigenvalue weighted by Crippen LogP contribution is -2.19. The van der Waals surface area contributed by atoms with Gasteiger partial charge in [-0.25, -0.2) is 0 Å². The monoisotopic (exact) mass is 210 g/mol. The molecule has 0 fully saturated rings. The maximum absolute atomic E-state index is 11.8. The topological polar surface area (TPSA) is 37.3 Å². The summed E-state index contributed by atoms with van der Waals surface area (Å²) in [5.41, 5.74) is 2.22. The van der Waals surface area contributed by atoms with E-state index < -0.39 is 10.8 Å². The third-order valence-electron chi connectivity index (χ3n) is 2.69. The molecule has 1 heterocycles. The van der Waals surface area contributed by atoms with Crippen molar-refractivity contribution in [2.24, 2.45) is 5.92 Å². The molecule has 0 saturated heterocycles.